The van der Waals surface area contributed by atoms with E-state index >= 15 is 0 Å². The number of nitrogens with two attached hydrogens (primary N) is 1. The van der Waals surface area contributed by atoms with Gasteiger partial charge in [-0.15, -0.1) is 0 Å². The largest absolute Gasteiger partial charge is 0.405 e. The molecule has 0 saturated carbocycles. The second kappa shape index (κ2) is 3.83. The fourth-order valence-corrected chi connectivity index (χ4v) is 0.380. The Balaban J connectivity index is 3.89. The van der Waals surface area contributed by atoms with Crippen LogP contribution in [0.4, 0.5) is 0 Å². The van der Waals surface area contributed by atoms with Gasteiger partial charge < -0.3 is 5.73 Å². The highest BCUT2D eigenvalue weighted by molar-refractivity contribution is 6.42. The van der Waals surface area contributed by atoms with Crippen LogP contribution in [-0.2, 0) is 4.79 Å². The number of hydrogen-bond donors (Lipinski definition) is 2. The van der Waals surface area contributed by atoms with Crippen LogP contribution in [0.25, 0.3) is 0 Å². The summed E-state index contributed by atoms with van der Waals surface area (Å²) in [5, 5.41) is 6.98. The summed E-state index contributed by atoms with van der Waals surface area (Å²) in [5.41, 5.74) is 4.92. The zero-order valence-corrected chi connectivity index (χ0v) is 5.35. The molecular weight excluding hydrogens is 116 g/mol. The van der Waals surface area contributed by atoms with Gasteiger partial charge in [-0.3, -0.25) is 10.2 Å². The third-order valence-corrected chi connectivity index (χ3v) is 0.884. The lowest BCUT2D eigenvalue weighted by Crippen LogP contribution is -2.08. The lowest BCUT2D eigenvalue weighted by molar-refractivity contribution is -0.112. The average Bonchev–Trinajstić information content (AvgIpc) is 1.87. The number of nitrogens with one attached hydrogen (secondary N) is 1. The van der Waals surface area contributed by atoms with Gasteiger partial charge in [0.15, 0.2) is 5.78 Å². The first-order valence-corrected chi connectivity index (χ1v) is 2.72. The number of allylic oxidation sites excluding steroid dienone is 1. The van der Waals surface area contributed by atoms with Crippen LogP contribution in [0.15, 0.2) is 12.3 Å². The molecule has 0 saturated heterocycles. The Bertz CT molecular complexity index is 149. The molecule has 0 aromatic heterocycles. The number of hydrogen-bond acceptors (Lipinski definition) is 3. The molecule has 0 bridgehead atoms. The summed E-state index contributed by atoms with van der Waals surface area (Å²) in [6.07, 6.45) is 2.84. The van der Waals surface area contributed by atoms with E-state index in [0.29, 0.717) is 6.42 Å². The van der Waals surface area contributed by atoms with Crippen molar-refractivity contribution >= 4 is 11.5 Å². The Morgan fingerprint density at radius 3 is 2.67 bits per heavy atom. The van der Waals surface area contributed by atoms with Crippen molar-refractivity contribution in [1.82, 2.24) is 0 Å². The number of rotatable bonds is 3. The van der Waals surface area contributed by atoms with Crippen LogP contribution in [0, 0.1) is 5.41 Å². The number of carbonyl (C=O) groups is 1. The molecular formula is C6H10N2O. The molecule has 0 aliphatic carbocycles. The first-order chi connectivity index (χ1) is 4.22. The van der Waals surface area contributed by atoms with E-state index in [-0.39, 0.29) is 11.5 Å². The minimum atomic E-state index is -0.184. The molecule has 0 rings (SSSR count). The second-order valence-corrected chi connectivity index (χ2v) is 1.55. The fourth-order valence-electron chi connectivity index (χ4n) is 0.380. The van der Waals surface area contributed by atoms with Gasteiger partial charge >= 0.3 is 0 Å². The molecule has 0 aliphatic heterocycles. The molecule has 0 aromatic carbocycles. The summed E-state index contributed by atoms with van der Waals surface area (Å²) in [7, 11) is 0. The zero-order chi connectivity index (χ0) is 7.28. The molecule has 0 unspecified atom stereocenters. The van der Waals surface area contributed by atoms with Crippen molar-refractivity contribution in [3.8, 4) is 0 Å². The van der Waals surface area contributed by atoms with Gasteiger partial charge in [0.2, 0.25) is 0 Å². The molecule has 3 heteroatoms. The quantitative estimate of drug-likeness (QED) is 0.539. The van der Waals surface area contributed by atoms with Crippen LogP contribution in [-0.4, -0.2) is 11.5 Å². The van der Waals surface area contributed by atoms with Crippen molar-refractivity contribution in [3.63, 3.8) is 0 Å². The highest BCUT2D eigenvalue weighted by atomic mass is 16.1. The van der Waals surface area contributed by atoms with Crippen molar-refractivity contribution in [3.05, 3.63) is 12.3 Å². The smallest absolute Gasteiger partial charge is 0.180 e. The first kappa shape index (κ1) is 7.88. The Labute approximate surface area is 54.1 Å². The molecule has 0 spiro atoms. The maximum Gasteiger partial charge on any atom is 0.180 e. The minimum Gasteiger partial charge on any atom is -0.405 e. The molecule has 9 heavy (non-hydrogen) atoms. The third-order valence-electron chi connectivity index (χ3n) is 0.884. The molecule has 0 aliphatic rings. The van der Waals surface area contributed by atoms with E-state index in [9.17, 15) is 4.79 Å². The van der Waals surface area contributed by atoms with Crippen molar-refractivity contribution in [2.24, 2.45) is 5.73 Å². The van der Waals surface area contributed by atoms with Gasteiger partial charge in [-0.2, -0.15) is 0 Å². The van der Waals surface area contributed by atoms with Crippen LogP contribution in [0.3, 0.4) is 0 Å². The minimum absolute atomic E-state index is 0.0278. The van der Waals surface area contributed by atoms with E-state index in [2.05, 4.69) is 0 Å². The Hall–Kier alpha value is -1.12. The van der Waals surface area contributed by atoms with E-state index in [1.165, 1.54) is 12.3 Å². The van der Waals surface area contributed by atoms with Gasteiger partial charge in [-0.25, -0.2) is 0 Å². The predicted molar refractivity (Wildman–Crippen MR) is 36.4 cm³/mol. The molecule has 3 N–H and O–H groups in total. The highest BCUT2D eigenvalue weighted by Gasteiger charge is 1.99. The predicted octanol–water partition coefficient (Wildman–Crippen LogP) is 0.458. The average molecular weight is 126 g/mol. The van der Waals surface area contributed by atoms with Gasteiger partial charge in [0.1, 0.15) is 0 Å². The first-order valence-electron chi connectivity index (χ1n) is 2.72. The molecule has 0 radical (unpaired) electrons. The maximum atomic E-state index is 10.6. The van der Waals surface area contributed by atoms with Crippen molar-refractivity contribution < 1.29 is 4.79 Å². The summed E-state index contributed by atoms with van der Waals surface area (Å²) in [5.74, 6) is -0.184. The van der Waals surface area contributed by atoms with E-state index in [1.807, 2.05) is 0 Å². The van der Waals surface area contributed by atoms with Gasteiger partial charge in [-0.05, 0) is 12.3 Å². The lowest BCUT2D eigenvalue weighted by atomic mass is 10.2. The highest BCUT2D eigenvalue weighted by Crippen LogP contribution is 1.84. The Morgan fingerprint density at radius 2 is 2.33 bits per heavy atom. The lowest BCUT2D eigenvalue weighted by Gasteiger charge is -1.89. The monoisotopic (exact) mass is 126 g/mol. The van der Waals surface area contributed by atoms with Crippen molar-refractivity contribution in [1.29, 1.82) is 5.41 Å². The van der Waals surface area contributed by atoms with Gasteiger partial charge in [0.25, 0.3) is 0 Å². The molecule has 0 aromatic rings. The number of Topliss-reactive ketones (excluding diaryl/α,β-unsaturated/α-hetero) is 1. The van der Waals surface area contributed by atoms with Crippen LogP contribution < -0.4 is 5.73 Å². The van der Waals surface area contributed by atoms with Crippen LogP contribution in [0.1, 0.15) is 13.3 Å². The summed E-state index contributed by atoms with van der Waals surface area (Å²) in [4.78, 5) is 10.6. The van der Waals surface area contributed by atoms with E-state index < -0.39 is 0 Å². The Kier molecular flexibility index (Phi) is 3.35. The third kappa shape index (κ3) is 2.64. The summed E-state index contributed by atoms with van der Waals surface area (Å²) in [6.45, 7) is 1.71. The van der Waals surface area contributed by atoms with E-state index in [1.54, 1.807) is 6.92 Å². The molecule has 0 heterocycles. The van der Waals surface area contributed by atoms with Crippen LogP contribution >= 0.6 is 0 Å². The molecule has 50 valence electrons. The van der Waals surface area contributed by atoms with Gasteiger partial charge in [0.05, 0.1) is 5.71 Å². The molecule has 0 atom stereocenters. The van der Waals surface area contributed by atoms with Gasteiger partial charge in [0, 0.05) is 6.42 Å². The molecule has 3 nitrogen and oxygen atoms in total. The maximum absolute atomic E-state index is 10.6. The summed E-state index contributed by atoms with van der Waals surface area (Å²) >= 11 is 0. The van der Waals surface area contributed by atoms with Crippen molar-refractivity contribution in [2.75, 3.05) is 0 Å². The Morgan fingerprint density at radius 1 is 1.78 bits per heavy atom. The molecule has 0 fully saturated rings. The molecule has 0 amide bonds. The van der Waals surface area contributed by atoms with Crippen LogP contribution in [0.5, 0.6) is 0 Å². The number of ketones is 1. The summed E-state index contributed by atoms with van der Waals surface area (Å²) in [6, 6.07) is 0. The summed E-state index contributed by atoms with van der Waals surface area (Å²) < 4.78 is 0. The normalized spacial score (nSPS) is 9.89. The second-order valence-electron chi connectivity index (χ2n) is 1.55. The fraction of sp³-hybridized carbons (Fsp3) is 0.333. The van der Waals surface area contributed by atoms with E-state index in [4.69, 9.17) is 11.1 Å². The van der Waals surface area contributed by atoms with Crippen LogP contribution in [0.2, 0.25) is 0 Å². The van der Waals surface area contributed by atoms with Crippen molar-refractivity contribution in [2.45, 2.75) is 13.3 Å². The standard InChI is InChI=1S/C6H10N2O/c1-2-6(9)5(8)3-4-7/h3-4,8H,2,7H2,1H3/b4-3-,8-5?. The zero-order valence-electron chi connectivity index (χ0n) is 5.35. The topological polar surface area (TPSA) is 66.9 Å². The van der Waals surface area contributed by atoms with E-state index in [0.717, 1.165) is 0 Å². The number of carbonyl (C=O) groups excluding carboxylic acids is 1. The SMILES string of the molecule is CCC(=O)C(=N)/C=C\N. The van der Waals surface area contributed by atoms with Gasteiger partial charge in [-0.1, -0.05) is 6.92 Å².